The highest BCUT2D eigenvalue weighted by Gasteiger charge is 2.07. The van der Waals surface area contributed by atoms with Crippen molar-refractivity contribution >= 4 is 11.6 Å². The summed E-state index contributed by atoms with van der Waals surface area (Å²) in [5.41, 5.74) is 0.490. The van der Waals surface area contributed by atoms with Crippen LogP contribution in [0.5, 0.6) is 0 Å². The van der Waals surface area contributed by atoms with E-state index in [0.29, 0.717) is 22.1 Å². The number of hydrogen-bond acceptors (Lipinski definition) is 2. The molecule has 0 aliphatic heterocycles. The van der Waals surface area contributed by atoms with E-state index < -0.39 is 5.82 Å². The van der Waals surface area contributed by atoms with Crippen molar-refractivity contribution in [1.82, 2.24) is 9.97 Å². The van der Waals surface area contributed by atoms with Crippen LogP contribution in [0, 0.1) is 12.7 Å². The van der Waals surface area contributed by atoms with Crippen LogP contribution in [0.1, 0.15) is 5.82 Å². The Bertz CT molecular complexity index is 595. The molecule has 0 saturated heterocycles. The fourth-order valence-corrected chi connectivity index (χ4v) is 1.63. The molecule has 0 aliphatic rings. The molecule has 1 N–H and O–H groups in total. The van der Waals surface area contributed by atoms with E-state index >= 15 is 0 Å². The maximum Gasteiger partial charge on any atom is 0.251 e. The highest BCUT2D eigenvalue weighted by Crippen LogP contribution is 2.26. The van der Waals surface area contributed by atoms with Crippen LogP contribution in [-0.4, -0.2) is 9.97 Å². The Morgan fingerprint density at radius 2 is 2.12 bits per heavy atom. The second-order valence-electron chi connectivity index (χ2n) is 3.34. The molecule has 0 aliphatic carbocycles. The van der Waals surface area contributed by atoms with Crippen molar-refractivity contribution in [2.45, 2.75) is 6.92 Å². The maximum absolute atomic E-state index is 13.1. The van der Waals surface area contributed by atoms with Gasteiger partial charge in [-0.2, -0.15) is 0 Å². The second kappa shape index (κ2) is 4.06. The smallest absolute Gasteiger partial charge is 0.251 e. The third-order valence-electron chi connectivity index (χ3n) is 2.06. The van der Waals surface area contributed by atoms with Crippen molar-refractivity contribution < 1.29 is 4.39 Å². The number of hydrogen-bond donors (Lipinski definition) is 1. The lowest BCUT2D eigenvalue weighted by molar-refractivity contribution is 0.628. The van der Waals surface area contributed by atoms with Gasteiger partial charge in [0.25, 0.3) is 5.56 Å². The molecule has 2 aromatic rings. The molecular weight excluding hydrogens is 231 g/mol. The Labute approximate surface area is 95.9 Å². The molecule has 0 radical (unpaired) electrons. The zero-order valence-corrected chi connectivity index (χ0v) is 9.18. The number of aryl methyl sites for hydroxylation is 1. The Hall–Kier alpha value is -1.68. The van der Waals surface area contributed by atoms with E-state index in [-0.39, 0.29) is 5.56 Å². The van der Waals surface area contributed by atoms with Crippen molar-refractivity contribution in [3.63, 3.8) is 0 Å². The fourth-order valence-electron chi connectivity index (χ4n) is 1.41. The summed E-state index contributed by atoms with van der Waals surface area (Å²) in [5.74, 6) is 0.0435. The minimum atomic E-state index is -0.417. The summed E-state index contributed by atoms with van der Waals surface area (Å²) in [4.78, 5) is 17.9. The Morgan fingerprint density at radius 3 is 2.81 bits per heavy atom. The predicted octanol–water partition coefficient (Wildman–Crippen LogP) is 2.54. The van der Waals surface area contributed by atoms with E-state index in [1.54, 1.807) is 6.92 Å². The molecule has 1 heterocycles. The van der Waals surface area contributed by atoms with Gasteiger partial charge in [-0.3, -0.25) is 4.79 Å². The molecule has 0 atom stereocenters. The van der Waals surface area contributed by atoms with Crippen LogP contribution in [0.4, 0.5) is 4.39 Å². The number of aromatic nitrogens is 2. The van der Waals surface area contributed by atoms with Gasteiger partial charge < -0.3 is 4.98 Å². The van der Waals surface area contributed by atoms with Crippen LogP contribution >= 0.6 is 11.6 Å². The van der Waals surface area contributed by atoms with Gasteiger partial charge >= 0.3 is 0 Å². The third-order valence-corrected chi connectivity index (χ3v) is 2.39. The first-order chi connectivity index (χ1) is 7.56. The van der Waals surface area contributed by atoms with E-state index in [1.807, 2.05) is 0 Å². The quantitative estimate of drug-likeness (QED) is 0.830. The molecule has 2 rings (SSSR count). The van der Waals surface area contributed by atoms with Gasteiger partial charge in [0.2, 0.25) is 0 Å². The summed E-state index contributed by atoms with van der Waals surface area (Å²) < 4.78 is 13.1. The molecule has 0 bridgehead atoms. The average Bonchev–Trinajstić information content (AvgIpc) is 2.20. The molecule has 3 nitrogen and oxygen atoms in total. The predicted molar refractivity (Wildman–Crippen MR) is 60.0 cm³/mol. The Balaban J connectivity index is 2.66. The van der Waals surface area contributed by atoms with E-state index in [9.17, 15) is 9.18 Å². The molecule has 0 fully saturated rings. The molecule has 1 aromatic carbocycles. The normalized spacial score (nSPS) is 10.4. The molecule has 1 aromatic heterocycles. The lowest BCUT2D eigenvalue weighted by atomic mass is 10.1. The Kier molecular flexibility index (Phi) is 2.75. The van der Waals surface area contributed by atoms with Crippen molar-refractivity contribution in [2.24, 2.45) is 0 Å². The largest absolute Gasteiger partial charge is 0.311 e. The third kappa shape index (κ3) is 2.12. The van der Waals surface area contributed by atoms with Gasteiger partial charge in [0.15, 0.2) is 0 Å². The Morgan fingerprint density at radius 1 is 1.38 bits per heavy atom. The van der Waals surface area contributed by atoms with E-state index in [0.717, 1.165) is 0 Å². The monoisotopic (exact) mass is 238 g/mol. The second-order valence-corrected chi connectivity index (χ2v) is 3.75. The summed E-state index contributed by atoms with van der Waals surface area (Å²) in [6.07, 6.45) is 0. The van der Waals surface area contributed by atoms with E-state index in [1.165, 1.54) is 24.3 Å². The lowest BCUT2D eigenvalue weighted by Gasteiger charge is -2.04. The van der Waals surface area contributed by atoms with Crippen LogP contribution in [0.3, 0.4) is 0 Å². The maximum atomic E-state index is 13.1. The number of nitrogens with one attached hydrogen (secondary N) is 1. The molecule has 16 heavy (non-hydrogen) atoms. The molecule has 0 spiro atoms. The van der Waals surface area contributed by atoms with Gasteiger partial charge in [-0.15, -0.1) is 0 Å². The summed E-state index contributed by atoms with van der Waals surface area (Å²) in [6, 6.07) is 5.23. The van der Waals surface area contributed by atoms with Crippen LogP contribution in [0.15, 0.2) is 29.1 Å². The van der Waals surface area contributed by atoms with E-state index in [4.69, 9.17) is 11.6 Å². The number of benzene rings is 1. The van der Waals surface area contributed by atoms with Crippen molar-refractivity contribution in [2.75, 3.05) is 0 Å². The average molecular weight is 239 g/mol. The lowest BCUT2D eigenvalue weighted by Crippen LogP contribution is -2.08. The first-order valence-corrected chi connectivity index (χ1v) is 4.97. The highest BCUT2D eigenvalue weighted by atomic mass is 35.5. The molecule has 5 heteroatoms. The van der Waals surface area contributed by atoms with Crippen molar-refractivity contribution in [3.05, 3.63) is 51.3 Å². The topological polar surface area (TPSA) is 45.8 Å². The molecular formula is C11H8ClFN2O. The van der Waals surface area contributed by atoms with E-state index in [2.05, 4.69) is 9.97 Å². The van der Waals surface area contributed by atoms with Crippen LogP contribution in [-0.2, 0) is 0 Å². The van der Waals surface area contributed by atoms with Gasteiger partial charge in [0.1, 0.15) is 11.6 Å². The van der Waals surface area contributed by atoms with Crippen LogP contribution < -0.4 is 5.56 Å². The minimum absolute atomic E-state index is 0.289. The van der Waals surface area contributed by atoms with Gasteiger partial charge in [0, 0.05) is 11.6 Å². The summed E-state index contributed by atoms with van der Waals surface area (Å²) in [6.45, 7) is 1.65. The standard InChI is InChI=1S/C11H8ClFN2O/c1-6-14-10(5-11(16)15-6)8-4-7(13)2-3-9(8)12/h2-5H,1H3,(H,14,15,16). The van der Waals surface area contributed by atoms with Gasteiger partial charge in [-0.25, -0.2) is 9.37 Å². The molecule has 0 amide bonds. The zero-order chi connectivity index (χ0) is 11.7. The zero-order valence-electron chi connectivity index (χ0n) is 8.42. The van der Waals surface area contributed by atoms with Crippen LogP contribution in [0.25, 0.3) is 11.3 Å². The number of halogens is 2. The minimum Gasteiger partial charge on any atom is -0.311 e. The highest BCUT2D eigenvalue weighted by molar-refractivity contribution is 6.33. The fraction of sp³-hybridized carbons (Fsp3) is 0.0909. The number of rotatable bonds is 1. The summed E-state index contributed by atoms with van der Waals surface area (Å²) in [5, 5.41) is 0.360. The van der Waals surface area contributed by atoms with Gasteiger partial charge in [0.05, 0.1) is 10.7 Å². The molecule has 82 valence electrons. The number of H-pyrrole nitrogens is 1. The summed E-state index contributed by atoms with van der Waals surface area (Å²) >= 11 is 5.92. The molecule has 0 unspecified atom stereocenters. The number of nitrogens with zero attached hydrogens (tertiary/aromatic N) is 1. The first kappa shape index (κ1) is 10.8. The van der Waals surface area contributed by atoms with Crippen molar-refractivity contribution in [1.29, 1.82) is 0 Å². The van der Waals surface area contributed by atoms with Crippen molar-refractivity contribution in [3.8, 4) is 11.3 Å². The first-order valence-electron chi connectivity index (χ1n) is 4.59. The summed E-state index contributed by atoms with van der Waals surface area (Å²) in [7, 11) is 0. The van der Waals surface area contributed by atoms with Gasteiger partial charge in [-0.05, 0) is 25.1 Å². The van der Waals surface area contributed by atoms with Crippen LogP contribution in [0.2, 0.25) is 5.02 Å². The number of aromatic amines is 1. The SMILES string of the molecule is Cc1nc(-c2cc(F)ccc2Cl)cc(=O)[nH]1. The molecule has 0 saturated carbocycles. The van der Waals surface area contributed by atoms with Gasteiger partial charge in [-0.1, -0.05) is 11.6 Å².